The van der Waals surface area contributed by atoms with Gasteiger partial charge in [0.15, 0.2) is 0 Å². The molecule has 1 aliphatic rings. The molecule has 0 amide bonds. The van der Waals surface area contributed by atoms with Crippen molar-refractivity contribution in [2.24, 2.45) is 0 Å². The van der Waals surface area contributed by atoms with Crippen LogP contribution in [0.3, 0.4) is 0 Å². The van der Waals surface area contributed by atoms with Crippen molar-refractivity contribution in [1.29, 1.82) is 0 Å². The van der Waals surface area contributed by atoms with Gasteiger partial charge in [0.2, 0.25) is 0 Å². The van der Waals surface area contributed by atoms with E-state index in [1.54, 1.807) is 0 Å². The van der Waals surface area contributed by atoms with Crippen molar-refractivity contribution in [2.75, 3.05) is 0 Å². The molecular weight excluding hydrogens is 342 g/mol. The molecule has 0 unspecified atom stereocenters. The third kappa shape index (κ3) is 24.5. The average molecular weight is 349 g/mol. The van der Waals surface area contributed by atoms with Crippen molar-refractivity contribution in [1.82, 2.24) is 0 Å². The van der Waals surface area contributed by atoms with Gasteiger partial charge < -0.3 is 0 Å². The summed E-state index contributed by atoms with van der Waals surface area (Å²) in [7, 11) is 0. The van der Waals surface area contributed by atoms with Crippen molar-refractivity contribution >= 4 is 0 Å². The van der Waals surface area contributed by atoms with Gasteiger partial charge in [0, 0.05) is 20.4 Å². The van der Waals surface area contributed by atoms with Crippen molar-refractivity contribution < 1.29 is 34.4 Å². The number of rotatable bonds is 0. The zero-order valence-corrected chi connectivity index (χ0v) is 9.63. The Morgan fingerprint density at radius 2 is 1.08 bits per heavy atom. The summed E-state index contributed by atoms with van der Waals surface area (Å²) < 4.78 is 22.5. The Morgan fingerprint density at radius 3 is 1.15 bits per heavy atom. The molecule has 1 aliphatic carbocycles. The molecule has 0 bridgehead atoms. The Bertz CT molecular complexity index is 108. The summed E-state index contributed by atoms with van der Waals surface area (Å²) in [5.41, 5.74) is 0. The molecule has 0 aromatic heterocycles. The molecule has 68 valence electrons. The van der Waals surface area contributed by atoms with Gasteiger partial charge in [-0.1, -0.05) is 6.92 Å². The summed E-state index contributed by atoms with van der Waals surface area (Å²) in [5.74, 6) is 1.34. The normalized spacial score (nSPS) is 12.2. The Balaban J connectivity index is -0.0000000508. The van der Waals surface area contributed by atoms with Crippen LogP contribution in [-0.4, -0.2) is 0 Å². The van der Waals surface area contributed by atoms with Crippen LogP contribution in [0.2, 0.25) is 0 Å². The fourth-order valence-corrected chi connectivity index (χ4v) is 0.470. The summed E-state index contributed by atoms with van der Waals surface area (Å²) in [6.07, 6.45) is 8.24. The van der Waals surface area contributed by atoms with Gasteiger partial charge in [-0.15, -0.1) is 0 Å². The van der Waals surface area contributed by atoms with Gasteiger partial charge in [0.05, 0.1) is 0 Å². The molecule has 0 N–H and O–H groups in total. The molecule has 0 atom stereocenters. The first-order valence-corrected chi connectivity index (χ1v) is 2.69. The van der Waals surface area contributed by atoms with Crippen LogP contribution < -0.4 is 0 Å². The van der Waals surface area contributed by atoms with Gasteiger partial charge in [-0.2, -0.15) is 0 Å². The summed E-state index contributed by atoms with van der Waals surface area (Å²) in [6.45, 7) is 15.6. The van der Waals surface area contributed by atoms with E-state index in [2.05, 4.69) is 39.7 Å². The van der Waals surface area contributed by atoms with E-state index < -0.39 is 0 Å². The predicted octanol–water partition coefficient (Wildman–Crippen LogP) is 1.30. The molecule has 4 heteroatoms. The van der Waals surface area contributed by atoms with E-state index in [4.69, 9.17) is 14.0 Å². The maximum Gasteiger partial charge on any atom is 0 e. The quantitative estimate of drug-likeness (QED) is 0.468. The van der Waals surface area contributed by atoms with Crippen LogP contribution in [-0.2, 0) is 34.4 Å². The summed E-state index contributed by atoms with van der Waals surface area (Å²) in [4.78, 5) is 0. The first-order chi connectivity index (χ1) is 5.89. The minimum atomic E-state index is 0. The number of hydrogen-bond donors (Lipinski definition) is 0. The second kappa shape index (κ2) is 29.7. The maximum atomic E-state index is 7.50. The van der Waals surface area contributed by atoms with Crippen LogP contribution >= 0.6 is 0 Å². The Kier molecular flexibility index (Phi) is 52.7. The van der Waals surface area contributed by atoms with Crippen LogP contribution in [0.4, 0.5) is 0 Å². The Hall–Kier alpha value is -0.118. The minimum Gasteiger partial charge on any atom is 0 e. The van der Waals surface area contributed by atoms with Crippen molar-refractivity contribution in [2.45, 2.75) is 6.92 Å². The summed E-state index contributed by atoms with van der Waals surface area (Å²) in [5, 5.41) is 0. The largest absolute Gasteiger partial charge is 0 e. The first-order valence-electron chi connectivity index (χ1n) is 2.69. The Labute approximate surface area is 93.1 Å². The van der Waals surface area contributed by atoms with Crippen LogP contribution in [0, 0.1) is 51.6 Å². The second-order valence-electron chi connectivity index (χ2n) is 1.46. The van der Waals surface area contributed by atoms with E-state index in [0.29, 0.717) is 0 Å². The molecule has 6 radical (unpaired) electrons. The van der Waals surface area contributed by atoms with E-state index in [0.717, 1.165) is 0 Å². The summed E-state index contributed by atoms with van der Waals surface area (Å²) in [6, 6.07) is 0. The minimum absolute atomic E-state index is 0. The molecule has 0 aliphatic heterocycles. The van der Waals surface area contributed by atoms with E-state index in [9.17, 15) is 0 Å². The van der Waals surface area contributed by atoms with Crippen LogP contribution in [0.25, 0.3) is 0 Å². The van der Waals surface area contributed by atoms with Crippen molar-refractivity contribution in [3.63, 3.8) is 0 Å². The molecule has 0 aromatic rings. The standard InChI is InChI=1S/C6H7.3CO.Re/c1-6-4-2-3-5-6;3*1-2;/h2-5H,1H3;;;;. The third-order valence-corrected chi connectivity index (χ3v) is 0.829. The van der Waals surface area contributed by atoms with Gasteiger partial charge in [-0.3, -0.25) is 0 Å². The molecule has 1 saturated carbocycles. The zero-order valence-electron chi connectivity index (χ0n) is 6.91. The van der Waals surface area contributed by atoms with Gasteiger partial charge in [0.25, 0.3) is 0 Å². The summed E-state index contributed by atoms with van der Waals surface area (Å²) >= 11 is 0. The van der Waals surface area contributed by atoms with Crippen LogP contribution in [0.5, 0.6) is 0 Å². The fraction of sp³-hybridized carbons (Fsp3) is 0.111. The molecule has 0 heterocycles. The second-order valence-corrected chi connectivity index (χ2v) is 1.46. The SMILES string of the molecule is C[C]1[CH][CH][CH][CH]1.[C-]#[O+].[C-]#[O+].[C-]#[O+].[Re]. The van der Waals surface area contributed by atoms with Gasteiger partial charge in [0.1, 0.15) is 0 Å². The van der Waals surface area contributed by atoms with Crippen molar-refractivity contribution in [3.05, 3.63) is 51.6 Å². The first kappa shape index (κ1) is 23.1. The molecular formula is C9H7O3Re. The zero-order chi connectivity index (χ0) is 10.4. The fourth-order valence-electron chi connectivity index (χ4n) is 0.470. The topological polar surface area (TPSA) is 59.7 Å². The maximum absolute atomic E-state index is 7.50. The van der Waals surface area contributed by atoms with Crippen molar-refractivity contribution in [3.8, 4) is 0 Å². The monoisotopic (exact) mass is 350 g/mol. The molecule has 1 rings (SSSR count). The molecule has 0 aromatic carbocycles. The van der Waals surface area contributed by atoms with Gasteiger partial charge in [-0.05, 0) is 31.6 Å². The van der Waals surface area contributed by atoms with Gasteiger partial charge in [-0.25, -0.2) is 0 Å². The van der Waals surface area contributed by atoms with E-state index >= 15 is 0 Å². The number of hydrogen-bond acceptors (Lipinski definition) is 0. The smallest absolute Gasteiger partial charge is 0 e. The molecule has 1 fully saturated rings. The van der Waals surface area contributed by atoms with E-state index in [-0.39, 0.29) is 20.4 Å². The molecule has 0 saturated heterocycles. The third-order valence-electron chi connectivity index (χ3n) is 0.829. The van der Waals surface area contributed by atoms with Crippen LogP contribution in [0.1, 0.15) is 6.92 Å². The van der Waals surface area contributed by atoms with E-state index in [1.807, 2.05) is 12.8 Å². The molecule has 13 heavy (non-hydrogen) atoms. The predicted molar refractivity (Wildman–Crippen MR) is 37.9 cm³/mol. The molecule has 0 spiro atoms. The van der Waals surface area contributed by atoms with Crippen LogP contribution in [0.15, 0.2) is 0 Å². The Morgan fingerprint density at radius 1 is 0.846 bits per heavy atom. The van der Waals surface area contributed by atoms with E-state index in [1.165, 1.54) is 5.92 Å². The molecule has 3 nitrogen and oxygen atoms in total. The van der Waals surface area contributed by atoms with Gasteiger partial charge >= 0.3 is 33.9 Å². The average Bonchev–Trinajstić information content (AvgIpc) is 2.66.